The van der Waals surface area contributed by atoms with E-state index in [2.05, 4.69) is 45.9 Å². The van der Waals surface area contributed by atoms with Crippen molar-refractivity contribution in [1.29, 1.82) is 0 Å². The summed E-state index contributed by atoms with van der Waals surface area (Å²) < 4.78 is 0. The van der Waals surface area contributed by atoms with Gasteiger partial charge in [0.05, 0.1) is 12.6 Å². The number of hydrogen-bond acceptors (Lipinski definition) is 7. The van der Waals surface area contributed by atoms with Gasteiger partial charge in [-0.1, -0.05) is 24.8 Å². The Labute approximate surface area is 247 Å². The van der Waals surface area contributed by atoms with Gasteiger partial charge in [0, 0.05) is 67.6 Å². The van der Waals surface area contributed by atoms with Crippen molar-refractivity contribution in [2.24, 2.45) is 0 Å². The highest BCUT2D eigenvalue weighted by molar-refractivity contribution is 6.03. The Kier molecular flexibility index (Phi) is 7.10. The maximum Gasteiger partial charge on any atom is 0.326 e. The Balaban J connectivity index is 1.22. The fourth-order valence-electron chi connectivity index (χ4n) is 6.35. The van der Waals surface area contributed by atoms with Gasteiger partial charge >= 0.3 is 6.03 Å². The van der Waals surface area contributed by atoms with Gasteiger partial charge in [0.25, 0.3) is 5.91 Å². The summed E-state index contributed by atoms with van der Waals surface area (Å²) in [5.41, 5.74) is 4.19. The fourth-order valence-corrected chi connectivity index (χ4v) is 6.35. The molecule has 0 bridgehead atoms. The highest BCUT2D eigenvalue weighted by Crippen LogP contribution is 2.47. The maximum absolute atomic E-state index is 13.8. The van der Waals surface area contributed by atoms with Crippen LogP contribution in [0, 0.1) is 0 Å². The van der Waals surface area contributed by atoms with Gasteiger partial charge in [-0.3, -0.25) is 9.69 Å². The number of carbonyl (C=O) groups excluding carboxylic acids is 2. The molecule has 1 atom stereocenters. The zero-order valence-corrected chi connectivity index (χ0v) is 24.7. The molecule has 1 aromatic heterocycles. The van der Waals surface area contributed by atoms with E-state index in [1.54, 1.807) is 23.0 Å². The predicted molar refractivity (Wildman–Crippen MR) is 166 cm³/mol. The summed E-state index contributed by atoms with van der Waals surface area (Å²) in [5, 5.41) is 3.30. The van der Waals surface area contributed by atoms with E-state index in [9.17, 15) is 9.59 Å². The first-order valence-electron chi connectivity index (χ1n) is 14.4. The third kappa shape index (κ3) is 4.96. The van der Waals surface area contributed by atoms with Crippen molar-refractivity contribution in [3.8, 4) is 0 Å². The SMILES string of the molecule is C=CC(=O)N1c2ccccc2C(N2Cc3cnc(Nc4ccc(N5CCN(C)CC5)cc4)nc3N(C)C2=O)CC1(C)C. The lowest BCUT2D eigenvalue weighted by Crippen LogP contribution is -2.56. The lowest BCUT2D eigenvalue weighted by Gasteiger charge is -2.50. The van der Waals surface area contributed by atoms with Crippen molar-refractivity contribution >= 4 is 40.8 Å². The minimum absolute atomic E-state index is 0.136. The normalized spacial score (nSPS) is 20.2. The van der Waals surface area contributed by atoms with Crippen LogP contribution in [0.25, 0.3) is 0 Å². The second-order valence-electron chi connectivity index (χ2n) is 11.9. The van der Waals surface area contributed by atoms with E-state index in [-0.39, 0.29) is 18.0 Å². The van der Waals surface area contributed by atoms with Gasteiger partial charge in [-0.05, 0) is 69.3 Å². The third-order valence-electron chi connectivity index (χ3n) is 8.63. The largest absolute Gasteiger partial charge is 0.369 e. The number of anilines is 5. The summed E-state index contributed by atoms with van der Waals surface area (Å²) in [4.78, 5) is 46.0. The van der Waals surface area contributed by atoms with Crippen molar-refractivity contribution in [1.82, 2.24) is 19.8 Å². The van der Waals surface area contributed by atoms with E-state index in [4.69, 9.17) is 4.98 Å². The standard InChI is InChI=1S/C32H38N8O2/c1-6-28(41)40-26-10-8-7-9-25(26)27(19-32(40,2)3)39-21-22-20-33-30(35-29(22)37(5)31(39)42)34-23-11-13-24(14-12-23)38-17-15-36(4)16-18-38/h6-14,20,27H,1,15-19,21H2,2-5H3,(H,33,34,35). The third-order valence-corrected chi connectivity index (χ3v) is 8.63. The number of fused-ring (bicyclic) bond motifs is 2. The maximum atomic E-state index is 13.8. The Morgan fingerprint density at radius 2 is 1.76 bits per heavy atom. The van der Waals surface area contributed by atoms with Gasteiger partial charge in [0.2, 0.25) is 5.95 Å². The number of benzene rings is 2. The van der Waals surface area contributed by atoms with Crippen LogP contribution in [0.4, 0.5) is 33.6 Å². The van der Waals surface area contributed by atoms with Gasteiger partial charge in [0.15, 0.2) is 0 Å². The smallest absolute Gasteiger partial charge is 0.326 e. The zero-order chi connectivity index (χ0) is 29.6. The average molecular weight is 567 g/mol. The molecular weight excluding hydrogens is 528 g/mol. The molecule has 0 radical (unpaired) electrons. The van der Waals surface area contributed by atoms with Crippen LogP contribution in [0.1, 0.15) is 37.4 Å². The van der Waals surface area contributed by atoms with Crippen LogP contribution in [-0.2, 0) is 11.3 Å². The molecule has 10 nitrogen and oxygen atoms in total. The first-order valence-corrected chi connectivity index (χ1v) is 14.4. The molecule has 0 spiro atoms. The van der Waals surface area contributed by atoms with E-state index in [0.29, 0.717) is 24.7 Å². The van der Waals surface area contributed by atoms with Gasteiger partial charge in [-0.15, -0.1) is 0 Å². The lowest BCUT2D eigenvalue weighted by molar-refractivity contribution is -0.115. The Morgan fingerprint density at radius 1 is 1.05 bits per heavy atom. The summed E-state index contributed by atoms with van der Waals surface area (Å²) in [6, 6.07) is 15.8. The molecule has 4 heterocycles. The van der Waals surface area contributed by atoms with Crippen LogP contribution < -0.4 is 20.0 Å². The quantitative estimate of drug-likeness (QED) is 0.445. The van der Waals surface area contributed by atoms with Gasteiger partial charge in [0.1, 0.15) is 5.82 Å². The second-order valence-corrected chi connectivity index (χ2v) is 11.9. The molecule has 1 unspecified atom stereocenters. The predicted octanol–water partition coefficient (Wildman–Crippen LogP) is 4.79. The Morgan fingerprint density at radius 3 is 2.48 bits per heavy atom. The number of amides is 3. The van der Waals surface area contributed by atoms with Crippen LogP contribution in [0.2, 0.25) is 0 Å². The topological polar surface area (TPSA) is 88.2 Å². The molecule has 0 saturated carbocycles. The van der Waals surface area contributed by atoms with E-state index < -0.39 is 5.54 Å². The molecule has 0 aliphatic carbocycles. The molecule has 2 aromatic carbocycles. The minimum atomic E-state index is -0.520. The molecule has 1 N–H and O–H groups in total. The molecule has 218 valence electrons. The first-order chi connectivity index (χ1) is 20.2. The van der Waals surface area contributed by atoms with Crippen molar-refractivity contribution in [3.63, 3.8) is 0 Å². The van der Waals surface area contributed by atoms with E-state index >= 15 is 0 Å². The van der Waals surface area contributed by atoms with Crippen LogP contribution in [0.3, 0.4) is 0 Å². The Bertz CT molecular complexity index is 1510. The van der Waals surface area contributed by atoms with Crippen LogP contribution in [-0.4, -0.2) is 77.5 Å². The van der Waals surface area contributed by atoms with Crippen LogP contribution >= 0.6 is 0 Å². The van der Waals surface area contributed by atoms with Crippen LogP contribution in [0.5, 0.6) is 0 Å². The summed E-state index contributed by atoms with van der Waals surface area (Å²) in [7, 11) is 3.91. The van der Waals surface area contributed by atoms with E-state index in [1.165, 1.54) is 11.8 Å². The molecule has 1 saturated heterocycles. The number of carbonyl (C=O) groups is 2. The Hall–Kier alpha value is -4.44. The van der Waals surface area contributed by atoms with E-state index in [1.807, 2.05) is 55.1 Å². The molecule has 1 fully saturated rings. The van der Waals surface area contributed by atoms with Gasteiger partial charge in [-0.25, -0.2) is 9.78 Å². The van der Waals surface area contributed by atoms with E-state index in [0.717, 1.165) is 48.7 Å². The summed E-state index contributed by atoms with van der Waals surface area (Å²) in [5.74, 6) is 0.882. The summed E-state index contributed by atoms with van der Waals surface area (Å²) in [6.45, 7) is 12.3. The molecule has 6 rings (SSSR count). The number of urea groups is 1. The van der Waals surface area contributed by atoms with Crippen molar-refractivity contribution in [2.75, 3.05) is 60.3 Å². The number of para-hydroxylation sites is 1. The van der Waals surface area contributed by atoms with Crippen molar-refractivity contribution in [2.45, 2.75) is 38.4 Å². The van der Waals surface area contributed by atoms with Crippen molar-refractivity contribution < 1.29 is 9.59 Å². The lowest BCUT2D eigenvalue weighted by atomic mass is 9.82. The fraction of sp³-hybridized carbons (Fsp3) is 0.375. The molecule has 3 aliphatic heterocycles. The monoisotopic (exact) mass is 566 g/mol. The molecule has 42 heavy (non-hydrogen) atoms. The number of aromatic nitrogens is 2. The molecule has 3 aromatic rings. The summed E-state index contributed by atoms with van der Waals surface area (Å²) in [6.07, 6.45) is 3.73. The summed E-state index contributed by atoms with van der Waals surface area (Å²) >= 11 is 0. The average Bonchev–Trinajstić information content (AvgIpc) is 2.99. The number of hydrogen-bond donors (Lipinski definition) is 1. The molecular formula is C32H38N8O2. The second kappa shape index (κ2) is 10.8. The van der Waals surface area contributed by atoms with Crippen LogP contribution in [0.15, 0.2) is 67.4 Å². The number of likely N-dealkylation sites (N-methyl/N-ethyl adjacent to an activating group) is 1. The minimum Gasteiger partial charge on any atom is -0.369 e. The number of nitrogens with one attached hydrogen (secondary N) is 1. The van der Waals surface area contributed by atoms with Gasteiger partial charge < -0.3 is 24.9 Å². The number of piperazine rings is 1. The number of nitrogens with zero attached hydrogens (tertiary/aromatic N) is 7. The molecule has 3 amide bonds. The highest BCUT2D eigenvalue weighted by atomic mass is 16.2. The number of rotatable bonds is 5. The highest BCUT2D eigenvalue weighted by Gasteiger charge is 2.45. The van der Waals surface area contributed by atoms with Gasteiger partial charge in [-0.2, -0.15) is 4.98 Å². The zero-order valence-electron chi connectivity index (χ0n) is 24.7. The molecule has 3 aliphatic rings. The van der Waals surface area contributed by atoms with Crippen molar-refractivity contribution in [3.05, 3.63) is 78.5 Å². The first kappa shape index (κ1) is 27.7. The molecule has 10 heteroatoms.